The number of benzene rings is 2. The quantitative estimate of drug-likeness (QED) is 0.104. The Bertz CT molecular complexity index is 1650. The maximum Gasteiger partial charge on any atom is 0.343 e. The lowest BCUT2D eigenvalue weighted by atomic mass is 9.70. The number of hydrogen-bond acceptors (Lipinski definition) is 8. The van der Waals surface area contributed by atoms with Gasteiger partial charge in [-0.3, -0.25) is 9.98 Å². The number of aliphatic hydroxyl groups is 2. The summed E-state index contributed by atoms with van der Waals surface area (Å²) in [6.45, 7) is 16.4. The number of esters is 2. The van der Waals surface area contributed by atoms with Gasteiger partial charge in [0.05, 0.1) is 0 Å². The van der Waals surface area contributed by atoms with Crippen molar-refractivity contribution in [1.82, 2.24) is 0 Å². The summed E-state index contributed by atoms with van der Waals surface area (Å²) in [7, 11) is 0. The van der Waals surface area contributed by atoms with Gasteiger partial charge in [0.1, 0.15) is 47.0 Å². The fourth-order valence-electron chi connectivity index (χ4n) is 9.90. The molecule has 6 rings (SSSR count). The Labute approximate surface area is 309 Å². The second-order valence-corrected chi connectivity index (χ2v) is 17.3. The Balaban J connectivity index is 1.30. The normalized spacial score (nSPS) is 32.1. The molecule has 2 N–H and O–H groups in total. The van der Waals surface area contributed by atoms with Crippen LogP contribution in [0.2, 0.25) is 0 Å². The number of carbonyl (C=O) groups is 2. The van der Waals surface area contributed by atoms with Gasteiger partial charge in [-0.15, -0.1) is 0 Å². The van der Waals surface area contributed by atoms with Crippen molar-refractivity contribution < 1.29 is 29.3 Å². The number of aliphatic imine (C=N–C) groups is 2. The van der Waals surface area contributed by atoms with Gasteiger partial charge in [0, 0.05) is 23.3 Å². The summed E-state index contributed by atoms with van der Waals surface area (Å²) in [5.41, 5.74) is 1.42. The summed E-state index contributed by atoms with van der Waals surface area (Å²) < 4.78 is 12.3. The molecule has 4 saturated carbocycles. The number of nitrogens with zero attached hydrogens (tertiary/aromatic N) is 2. The molecule has 278 valence electrons. The molecule has 0 heterocycles. The highest BCUT2D eigenvalue weighted by Crippen LogP contribution is 2.67. The first-order chi connectivity index (χ1) is 24.5. The van der Waals surface area contributed by atoms with Crippen molar-refractivity contribution >= 4 is 24.4 Å². The van der Waals surface area contributed by atoms with E-state index in [4.69, 9.17) is 19.5 Å². The molecule has 2 aromatic carbocycles. The van der Waals surface area contributed by atoms with Crippen molar-refractivity contribution in [2.24, 2.45) is 43.5 Å². The Morgan fingerprint density at radius 2 is 1.00 bits per heavy atom. The third-order valence-electron chi connectivity index (χ3n) is 14.5. The van der Waals surface area contributed by atoms with Crippen molar-refractivity contribution in [1.29, 1.82) is 0 Å². The number of rotatable bonds is 11. The van der Waals surface area contributed by atoms with Gasteiger partial charge in [0.2, 0.25) is 0 Å². The largest absolute Gasteiger partial charge is 0.512 e. The molecule has 8 heteroatoms. The molecule has 8 nitrogen and oxygen atoms in total. The van der Waals surface area contributed by atoms with Gasteiger partial charge in [-0.1, -0.05) is 102 Å². The highest BCUT2D eigenvalue weighted by Gasteiger charge is 2.64. The summed E-state index contributed by atoms with van der Waals surface area (Å²) in [6, 6.07) is 17.8. The number of carbonyl (C=O) groups excluding carboxylic acids is 2. The second-order valence-electron chi connectivity index (χ2n) is 17.3. The maximum atomic E-state index is 13.7. The predicted molar refractivity (Wildman–Crippen MR) is 204 cm³/mol. The first kappa shape index (κ1) is 37.6. The summed E-state index contributed by atoms with van der Waals surface area (Å²) in [5.74, 6) is -0.609. The molecule has 8 atom stereocenters. The van der Waals surface area contributed by atoms with Crippen molar-refractivity contribution in [2.75, 3.05) is 0 Å². The van der Waals surface area contributed by atoms with Crippen LogP contribution in [0.15, 0.2) is 93.3 Å². The fourth-order valence-corrected chi connectivity index (χ4v) is 9.90. The van der Waals surface area contributed by atoms with E-state index in [9.17, 15) is 19.8 Å². The molecule has 2 aromatic rings. The molecule has 52 heavy (non-hydrogen) atoms. The number of aliphatic hydroxyl groups excluding tert-OH is 2. The number of ether oxygens (including phenoxy) is 2. The molecule has 4 fully saturated rings. The Morgan fingerprint density at radius 3 is 1.27 bits per heavy atom. The number of allylic oxidation sites excluding steroid dienone is 2. The average molecular weight is 709 g/mol. The van der Waals surface area contributed by atoms with Gasteiger partial charge >= 0.3 is 11.9 Å². The molecule has 0 saturated heterocycles. The molecule has 4 aliphatic rings. The maximum absolute atomic E-state index is 13.7. The highest BCUT2D eigenvalue weighted by molar-refractivity contribution is 6.10. The minimum absolute atomic E-state index is 0.0152. The molecule has 0 aliphatic heterocycles. The molecule has 0 radical (unpaired) electrons. The summed E-state index contributed by atoms with van der Waals surface area (Å²) in [6.07, 6.45) is 8.15. The topological polar surface area (TPSA) is 118 Å². The lowest BCUT2D eigenvalue weighted by Gasteiger charge is -2.38. The van der Waals surface area contributed by atoms with Gasteiger partial charge in [-0.05, 0) is 86.2 Å². The van der Waals surface area contributed by atoms with Crippen molar-refractivity contribution in [3.63, 3.8) is 0 Å². The van der Waals surface area contributed by atoms with E-state index in [0.29, 0.717) is 11.8 Å². The number of fused-ring (bicyclic) bond motifs is 4. The standard InChI is InChI=1S/C44H56N2O6/c1-27(47)33(39(49)51-35-23-31-19-21-43(35,7)41(31,3)4)25-45-37(29-15-11-9-12-16-29)38(30-17-13-10-14-18-30)46-26-34(28(2)48)40(50)52-36-24-32-20-22-44(36,8)42(32,5)6/h9-18,25-26,31-32,35-38,47-48H,19-24H2,1-8H3/b33-27+,34-28+,45-25?,46-26?/t31?,32?,35?,36?,37-,38-,43?,44?/m0/s1. The van der Waals surface area contributed by atoms with Gasteiger partial charge in [-0.25, -0.2) is 9.59 Å². The predicted octanol–water partition coefficient (Wildman–Crippen LogP) is 9.79. The molecular formula is C44H56N2O6. The minimum Gasteiger partial charge on any atom is -0.512 e. The molecular weight excluding hydrogens is 652 g/mol. The van der Waals surface area contributed by atoms with E-state index < -0.39 is 24.0 Å². The van der Waals surface area contributed by atoms with Crippen LogP contribution in [-0.4, -0.2) is 46.8 Å². The Hall–Kier alpha value is -4.20. The summed E-state index contributed by atoms with van der Waals surface area (Å²) in [5, 5.41) is 21.5. The zero-order valence-electron chi connectivity index (χ0n) is 32.1. The third-order valence-corrected chi connectivity index (χ3v) is 14.5. The van der Waals surface area contributed by atoms with Crippen molar-refractivity contribution in [3.8, 4) is 0 Å². The van der Waals surface area contributed by atoms with Gasteiger partial charge in [-0.2, -0.15) is 0 Å². The van der Waals surface area contributed by atoms with Crippen LogP contribution in [0.4, 0.5) is 0 Å². The summed E-state index contributed by atoms with van der Waals surface area (Å²) in [4.78, 5) is 37.3. The van der Waals surface area contributed by atoms with E-state index in [1.165, 1.54) is 26.3 Å². The van der Waals surface area contributed by atoms with Crippen LogP contribution >= 0.6 is 0 Å². The summed E-state index contributed by atoms with van der Waals surface area (Å²) >= 11 is 0. The molecule has 4 aliphatic carbocycles. The lowest BCUT2D eigenvalue weighted by molar-refractivity contribution is -0.152. The van der Waals surface area contributed by atoms with Crippen LogP contribution in [0.3, 0.4) is 0 Å². The Morgan fingerprint density at radius 1 is 0.654 bits per heavy atom. The van der Waals surface area contributed by atoms with Gasteiger partial charge in [0.25, 0.3) is 0 Å². The molecule has 0 spiro atoms. The zero-order valence-corrected chi connectivity index (χ0v) is 32.1. The monoisotopic (exact) mass is 708 g/mol. The van der Waals surface area contributed by atoms with E-state index in [0.717, 1.165) is 49.7 Å². The first-order valence-corrected chi connectivity index (χ1v) is 18.9. The second kappa shape index (κ2) is 14.0. The fraction of sp³-hybridized carbons (Fsp3) is 0.545. The third kappa shape index (κ3) is 6.40. The van der Waals surface area contributed by atoms with Crippen LogP contribution in [0.5, 0.6) is 0 Å². The van der Waals surface area contributed by atoms with E-state index in [2.05, 4.69) is 41.5 Å². The molecule has 0 aromatic heterocycles. The van der Waals surface area contributed by atoms with E-state index in [1.807, 2.05) is 60.7 Å². The van der Waals surface area contributed by atoms with Crippen LogP contribution in [0, 0.1) is 33.5 Å². The van der Waals surface area contributed by atoms with Gasteiger partial charge < -0.3 is 19.7 Å². The van der Waals surface area contributed by atoms with Crippen LogP contribution in [0.1, 0.15) is 117 Å². The van der Waals surface area contributed by atoms with Crippen molar-refractivity contribution in [2.45, 2.75) is 118 Å². The molecule has 4 bridgehead atoms. The molecule has 0 amide bonds. The smallest absolute Gasteiger partial charge is 0.343 e. The number of hydrogen-bond donors (Lipinski definition) is 2. The van der Waals surface area contributed by atoms with Crippen LogP contribution in [0.25, 0.3) is 0 Å². The van der Waals surface area contributed by atoms with Crippen LogP contribution < -0.4 is 0 Å². The van der Waals surface area contributed by atoms with E-state index >= 15 is 0 Å². The Kier molecular flexibility index (Phi) is 10.1. The minimum atomic E-state index is -0.678. The molecule has 6 unspecified atom stereocenters. The lowest BCUT2D eigenvalue weighted by Crippen LogP contribution is -2.38. The van der Waals surface area contributed by atoms with Crippen LogP contribution in [-0.2, 0) is 19.1 Å². The average Bonchev–Trinajstić information content (AvgIpc) is 3.62. The zero-order chi connectivity index (χ0) is 37.6. The highest BCUT2D eigenvalue weighted by atomic mass is 16.6. The first-order valence-electron chi connectivity index (χ1n) is 18.9. The SMILES string of the molecule is C/C(O)=C(/C=N[C@@H](c1ccccc1)[C@@H](N=C/C(C(=O)OC1CC2CCC1(C)C2(C)C)=C(/C)O)c1ccccc1)C(=O)OC1CC2CCC1(C)C2(C)C. The van der Waals surface area contributed by atoms with Gasteiger partial charge in [0.15, 0.2) is 0 Å². The van der Waals surface area contributed by atoms with E-state index in [1.54, 1.807) is 0 Å². The van der Waals surface area contributed by atoms with E-state index in [-0.39, 0.29) is 56.5 Å². The van der Waals surface area contributed by atoms with Crippen molar-refractivity contribution in [3.05, 3.63) is 94.5 Å².